The maximum atomic E-state index is 13.0. The Kier molecular flexibility index (Phi) is 11.9. The average molecular weight is 878 g/mol. The van der Waals surface area contributed by atoms with Crippen LogP contribution in [-0.2, 0) is 45.2 Å². The molecule has 23 heteroatoms. The first-order valence-electron chi connectivity index (χ1n) is 19.5. The van der Waals surface area contributed by atoms with Crippen molar-refractivity contribution in [2.45, 2.75) is 63.4 Å². The summed E-state index contributed by atoms with van der Waals surface area (Å²) in [6.45, 7) is 8.34. The second-order valence-electron chi connectivity index (χ2n) is 15.4. The Bertz CT molecular complexity index is 2600. The number of H-pyrrole nitrogens is 1. The van der Waals surface area contributed by atoms with Gasteiger partial charge >= 0.3 is 6.72 Å². The van der Waals surface area contributed by atoms with Gasteiger partial charge in [-0.2, -0.15) is 4.98 Å². The van der Waals surface area contributed by atoms with Crippen molar-refractivity contribution in [2.75, 3.05) is 44.1 Å². The average Bonchev–Trinajstić information content (AvgIpc) is 3.51. The molecule has 21 nitrogen and oxygen atoms in total. The van der Waals surface area contributed by atoms with Gasteiger partial charge in [0.1, 0.15) is 31.2 Å². The zero-order valence-corrected chi connectivity index (χ0v) is 35.2. The number of carbonyl (C=O) groups excluding carboxylic acids is 2. The molecule has 4 aromatic heterocycles. The van der Waals surface area contributed by atoms with Crippen molar-refractivity contribution in [2.24, 2.45) is 23.7 Å². The molecular weight excluding hydrogens is 834 g/mol. The van der Waals surface area contributed by atoms with Crippen LogP contribution in [0.25, 0.3) is 27.2 Å². The maximum Gasteiger partial charge on any atom is 0.327 e. The number of imidazole rings is 2. The van der Waals surface area contributed by atoms with E-state index in [1.54, 1.807) is 44.4 Å². The van der Waals surface area contributed by atoms with Gasteiger partial charge in [0.15, 0.2) is 34.4 Å². The molecule has 3 aliphatic rings. The van der Waals surface area contributed by atoms with Gasteiger partial charge < -0.3 is 48.0 Å². The first-order valence-corrected chi connectivity index (χ1v) is 22.1. The third-order valence-electron chi connectivity index (χ3n) is 11.7. The number of methoxy groups -OCH3 is 1. The summed E-state index contributed by atoms with van der Waals surface area (Å²) < 4.78 is 34.2. The van der Waals surface area contributed by atoms with E-state index < -0.39 is 54.4 Å². The monoisotopic (exact) mass is 877 g/mol. The number of hydrogen-bond acceptors (Lipinski definition) is 16. The molecule has 61 heavy (non-hydrogen) atoms. The third kappa shape index (κ3) is 7.75. The number of benzene rings is 1. The van der Waals surface area contributed by atoms with Crippen molar-refractivity contribution in [3.05, 3.63) is 76.6 Å². The third-order valence-corrected chi connectivity index (χ3v) is 14.0. The second-order valence-corrected chi connectivity index (χ2v) is 18.4. The van der Waals surface area contributed by atoms with E-state index in [-0.39, 0.29) is 78.9 Å². The summed E-state index contributed by atoms with van der Waals surface area (Å²) in [5.41, 5.74) is 0.146. The van der Waals surface area contributed by atoms with Gasteiger partial charge in [-0.25, -0.2) is 26.5 Å². The maximum absolute atomic E-state index is 13.0. The number of aliphatic hydroxyl groups excluding tert-OH is 2. The SMILES string of the molecule is [C-]#[N+]CCOP(=S)(OC[C@H]1O[C@@H](n2cnc3c(=O)[nH]c(NC(=O)C(C)C)nc32)[C@H](O)[C@@H]1OC)O[C@@H]1[C@@H](CO)[C@@H]2C[C@@]2(n2cnc3c(NC(=O)c4ccccc4)ncnc32)[C@@H]1C. The van der Waals surface area contributed by atoms with Crippen molar-refractivity contribution in [3.8, 4) is 0 Å². The van der Waals surface area contributed by atoms with Crippen LogP contribution in [0.5, 0.6) is 0 Å². The lowest BCUT2D eigenvalue weighted by molar-refractivity contribution is -0.118. The van der Waals surface area contributed by atoms with E-state index in [0.717, 1.165) is 0 Å². The van der Waals surface area contributed by atoms with E-state index in [4.69, 9.17) is 41.4 Å². The summed E-state index contributed by atoms with van der Waals surface area (Å²) in [5.74, 6) is -1.71. The highest BCUT2D eigenvalue weighted by atomic mass is 32.5. The Balaban J connectivity index is 1.02. The largest absolute Gasteiger partial charge is 0.396 e. The molecule has 1 saturated heterocycles. The van der Waals surface area contributed by atoms with E-state index >= 15 is 0 Å². The number of carbonyl (C=O) groups is 2. The normalized spacial score (nSPS) is 27.8. The first kappa shape index (κ1) is 42.6. The van der Waals surface area contributed by atoms with Gasteiger partial charge in [0.25, 0.3) is 11.5 Å². The molecular formula is C38H44N11O10PS. The molecule has 0 radical (unpaired) electrons. The van der Waals surface area contributed by atoms with Crippen LogP contribution in [0.1, 0.15) is 43.8 Å². The number of aromatic amines is 1. The van der Waals surface area contributed by atoms with Gasteiger partial charge in [-0.1, -0.05) is 39.0 Å². The molecule has 5 N–H and O–H groups in total. The van der Waals surface area contributed by atoms with E-state index in [9.17, 15) is 24.6 Å². The summed E-state index contributed by atoms with van der Waals surface area (Å²) in [6, 6.07) is 8.75. The van der Waals surface area contributed by atoms with Gasteiger partial charge in [-0.15, -0.1) is 0 Å². The molecule has 2 saturated carbocycles. The fraction of sp³-hybridized carbons (Fsp3) is 0.500. The van der Waals surface area contributed by atoms with Crippen molar-refractivity contribution < 1.29 is 42.8 Å². The van der Waals surface area contributed by atoms with Crippen molar-refractivity contribution in [1.82, 2.24) is 39.0 Å². The molecule has 10 atom stereocenters. The van der Waals surface area contributed by atoms with Gasteiger partial charge in [-0.05, 0) is 36.3 Å². The highest BCUT2D eigenvalue weighted by Crippen LogP contribution is 2.70. The topological polar surface area (TPSA) is 256 Å². The fourth-order valence-electron chi connectivity index (χ4n) is 8.54. The zero-order valence-electron chi connectivity index (χ0n) is 33.4. The number of aromatic nitrogens is 8. The summed E-state index contributed by atoms with van der Waals surface area (Å²) in [6.07, 6.45) is -0.0733. The molecule has 1 aromatic carbocycles. The van der Waals surface area contributed by atoms with Crippen LogP contribution >= 0.6 is 6.72 Å². The number of nitrogens with one attached hydrogen (secondary N) is 3. The number of aliphatic hydroxyl groups is 2. The zero-order chi connectivity index (χ0) is 43.2. The van der Waals surface area contributed by atoms with Gasteiger partial charge in [-0.3, -0.25) is 29.3 Å². The molecule has 0 spiro atoms. The summed E-state index contributed by atoms with van der Waals surface area (Å²) >= 11 is 5.99. The molecule has 2 amide bonds. The van der Waals surface area contributed by atoms with Crippen LogP contribution in [0, 0.1) is 30.2 Å². The molecule has 2 aliphatic carbocycles. The van der Waals surface area contributed by atoms with Crippen molar-refractivity contribution in [1.29, 1.82) is 0 Å². The first-order chi connectivity index (χ1) is 29.3. The summed E-state index contributed by atoms with van der Waals surface area (Å²) in [5, 5.41) is 27.7. The molecule has 322 valence electrons. The summed E-state index contributed by atoms with van der Waals surface area (Å²) in [4.78, 5) is 66.2. The molecule has 3 fully saturated rings. The molecule has 8 rings (SSSR count). The van der Waals surface area contributed by atoms with Crippen LogP contribution in [0.2, 0.25) is 0 Å². The van der Waals surface area contributed by atoms with Gasteiger partial charge in [0.05, 0.1) is 30.9 Å². The highest BCUT2D eigenvalue weighted by Gasteiger charge is 2.72. The number of nitrogens with zero attached hydrogens (tertiary/aromatic N) is 8. The Morgan fingerprint density at radius 1 is 1.11 bits per heavy atom. The van der Waals surface area contributed by atoms with E-state index in [2.05, 4.69) is 45.4 Å². The van der Waals surface area contributed by atoms with Crippen LogP contribution in [0.4, 0.5) is 11.8 Å². The van der Waals surface area contributed by atoms with Crippen LogP contribution in [-0.4, -0.2) is 119 Å². The predicted molar refractivity (Wildman–Crippen MR) is 220 cm³/mol. The molecule has 5 aromatic rings. The number of hydrogen-bond donors (Lipinski definition) is 5. The Morgan fingerprint density at radius 2 is 1.89 bits per heavy atom. The molecule has 0 bridgehead atoms. The quantitative estimate of drug-likeness (QED) is 0.0542. The number of fused-ring (bicyclic) bond motifs is 3. The lowest BCUT2D eigenvalue weighted by Crippen LogP contribution is -2.36. The van der Waals surface area contributed by atoms with Crippen LogP contribution < -0.4 is 16.2 Å². The Labute approximate surface area is 353 Å². The van der Waals surface area contributed by atoms with Crippen LogP contribution in [0.15, 0.2) is 54.1 Å². The Hall–Kier alpha value is -5.08. The molecule has 5 heterocycles. The van der Waals surface area contributed by atoms with Crippen molar-refractivity contribution >= 4 is 64.4 Å². The van der Waals surface area contributed by atoms with Gasteiger partial charge in [0.2, 0.25) is 18.4 Å². The smallest absolute Gasteiger partial charge is 0.327 e. The minimum atomic E-state index is -3.72. The fourth-order valence-corrected chi connectivity index (χ4v) is 10.7. The standard InChI is InChI=1S/C38H44N11O10PS/c1-19(2)33(52)46-37-45-32-26(35(54)47-37)42-17-48(32)36-27(51)29(55-5)24(58-36)15-57-60(61,56-12-11-39-4)59-28-20(3)38(13-23(38)22(28)14-50)49-18-43-25-30(40-16-41-31(25)49)44-34(53)21-9-7-6-8-10-21/h6-10,16-20,22-24,27-29,36,50-51H,11-15H2,1-3,5H3,(H,40,41,44,53)(H2,45,46,47,52,54)/t20-,22+,23+,24-,27-,28+,29-,36-,38-,60?/m1/s1. The van der Waals surface area contributed by atoms with Crippen LogP contribution in [0.3, 0.4) is 0 Å². The molecule has 1 aliphatic heterocycles. The van der Waals surface area contributed by atoms with E-state index in [1.807, 2.05) is 17.6 Å². The molecule has 1 unspecified atom stereocenters. The van der Waals surface area contributed by atoms with E-state index in [1.165, 1.54) is 24.3 Å². The highest BCUT2D eigenvalue weighted by molar-refractivity contribution is 8.07. The summed E-state index contributed by atoms with van der Waals surface area (Å²) in [7, 11) is 1.39. The van der Waals surface area contributed by atoms with E-state index in [0.29, 0.717) is 23.1 Å². The number of anilines is 2. The second kappa shape index (κ2) is 17.0. The lowest BCUT2D eigenvalue weighted by Gasteiger charge is -2.33. The minimum Gasteiger partial charge on any atom is -0.396 e. The number of ether oxygens (including phenoxy) is 2. The number of amides is 2. The van der Waals surface area contributed by atoms with Crippen molar-refractivity contribution in [3.63, 3.8) is 0 Å². The number of rotatable bonds is 16. The minimum absolute atomic E-state index is 0.0218. The predicted octanol–water partition coefficient (Wildman–Crippen LogP) is 2.62. The van der Waals surface area contributed by atoms with Gasteiger partial charge in [0, 0.05) is 37.0 Å². The lowest BCUT2D eigenvalue weighted by atomic mass is 9.94. The Morgan fingerprint density at radius 3 is 2.61 bits per heavy atom.